The smallest absolute Gasteiger partial charge is 0.276 e. The maximum atomic E-state index is 13.2. The Balaban J connectivity index is 1.29. The summed E-state index contributed by atoms with van der Waals surface area (Å²) in [6, 6.07) is 8.21. The highest BCUT2D eigenvalue weighted by Gasteiger charge is 2.44. The Morgan fingerprint density at radius 2 is 1.79 bits per heavy atom. The highest BCUT2D eigenvalue weighted by molar-refractivity contribution is 5.92. The molecule has 2 aromatic rings. The molecular weight excluding hydrogens is 352 g/mol. The number of rotatable bonds is 4. The third-order valence-corrected chi connectivity index (χ3v) is 6.91. The topological polar surface area (TPSA) is 55.6 Å². The summed E-state index contributed by atoms with van der Waals surface area (Å²) in [6.45, 7) is 5.22. The van der Waals surface area contributed by atoms with Gasteiger partial charge in [-0.3, -0.25) is 4.79 Å². The standard InChI is InChI=1S/C23H28N2O3/c1-14-4-3-5-15(2)22(14)27-13-20-11-21(24-28-20)23(26)25-12-18-7-16-6-17(8-18)10-19(25)9-16/h3-5,11,16-19H,6-10,12-13H2,1-2H3/t16-,17+,18?,19?. The van der Waals surface area contributed by atoms with Crippen LogP contribution in [0, 0.1) is 31.6 Å². The summed E-state index contributed by atoms with van der Waals surface area (Å²) in [4.78, 5) is 15.3. The van der Waals surface area contributed by atoms with Crippen LogP contribution < -0.4 is 4.74 Å². The van der Waals surface area contributed by atoms with Gasteiger partial charge in [0.1, 0.15) is 12.4 Å². The Bertz CT molecular complexity index is 855. The van der Waals surface area contributed by atoms with Crippen molar-refractivity contribution >= 4 is 5.91 Å². The van der Waals surface area contributed by atoms with E-state index in [1.807, 2.05) is 32.0 Å². The number of carbonyl (C=O) groups is 1. The number of para-hydroxylation sites is 1. The molecule has 3 heterocycles. The van der Waals surface area contributed by atoms with E-state index in [-0.39, 0.29) is 12.5 Å². The Kier molecular flexibility index (Phi) is 4.41. The average Bonchev–Trinajstić information content (AvgIpc) is 3.04. The summed E-state index contributed by atoms with van der Waals surface area (Å²) in [7, 11) is 0. The molecule has 1 aromatic carbocycles. The molecule has 5 nitrogen and oxygen atoms in total. The summed E-state index contributed by atoms with van der Waals surface area (Å²) in [5.74, 6) is 3.79. The molecule has 4 aliphatic rings. The van der Waals surface area contributed by atoms with Crippen LogP contribution in [0.4, 0.5) is 0 Å². The SMILES string of the molecule is Cc1cccc(C)c1OCc1cc(C(=O)N2CC3C[C@@H]4CC2C[C@H](C3)C4)no1. The van der Waals surface area contributed by atoms with Crippen LogP contribution in [-0.2, 0) is 6.61 Å². The van der Waals surface area contributed by atoms with E-state index < -0.39 is 0 Å². The highest BCUT2D eigenvalue weighted by atomic mass is 16.5. The molecule has 4 atom stereocenters. The van der Waals surface area contributed by atoms with Gasteiger partial charge in [0.15, 0.2) is 11.5 Å². The highest BCUT2D eigenvalue weighted by Crippen LogP contribution is 2.47. The van der Waals surface area contributed by atoms with Crippen LogP contribution in [0.5, 0.6) is 5.75 Å². The summed E-state index contributed by atoms with van der Waals surface area (Å²) in [5, 5.41) is 4.08. The normalized spacial score (nSPS) is 28.4. The zero-order valence-electron chi connectivity index (χ0n) is 16.7. The number of aryl methyl sites for hydroxylation is 2. The average molecular weight is 380 g/mol. The number of amides is 1. The van der Waals surface area contributed by atoms with Gasteiger partial charge in [0.05, 0.1) is 0 Å². The Morgan fingerprint density at radius 3 is 2.50 bits per heavy atom. The molecule has 2 saturated heterocycles. The molecule has 2 aliphatic carbocycles. The molecule has 6 rings (SSSR count). The van der Waals surface area contributed by atoms with Crippen LogP contribution in [0.3, 0.4) is 0 Å². The van der Waals surface area contributed by atoms with E-state index in [0.29, 0.717) is 23.4 Å². The molecule has 0 radical (unpaired) electrons. The van der Waals surface area contributed by atoms with Crippen LogP contribution >= 0.6 is 0 Å². The fraction of sp³-hybridized carbons (Fsp3) is 0.565. The second-order valence-corrected chi connectivity index (χ2v) is 9.08. The minimum Gasteiger partial charge on any atom is -0.485 e. The molecule has 0 spiro atoms. The molecule has 148 valence electrons. The van der Waals surface area contributed by atoms with Crippen molar-refractivity contribution in [2.24, 2.45) is 17.8 Å². The molecule has 2 aliphatic heterocycles. The van der Waals surface area contributed by atoms with Crippen molar-refractivity contribution in [3.05, 3.63) is 46.8 Å². The van der Waals surface area contributed by atoms with Crippen LogP contribution in [0.2, 0.25) is 0 Å². The number of fused-ring (bicyclic) bond motifs is 1. The molecule has 5 heteroatoms. The first kappa shape index (κ1) is 17.8. The van der Waals surface area contributed by atoms with Crippen molar-refractivity contribution in [3.8, 4) is 5.75 Å². The van der Waals surface area contributed by atoms with Gasteiger partial charge >= 0.3 is 0 Å². The predicted molar refractivity (Wildman–Crippen MR) is 105 cm³/mol. The van der Waals surface area contributed by atoms with Gasteiger partial charge in [0.2, 0.25) is 0 Å². The lowest BCUT2D eigenvalue weighted by molar-refractivity contribution is 0.0622. The first-order chi connectivity index (χ1) is 13.6. The van der Waals surface area contributed by atoms with Gasteiger partial charge in [-0.25, -0.2) is 0 Å². The van der Waals surface area contributed by atoms with Crippen molar-refractivity contribution < 1.29 is 14.1 Å². The van der Waals surface area contributed by atoms with E-state index in [9.17, 15) is 4.79 Å². The number of ether oxygens (including phenoxy) is 1. The van der Waals surface area contributed by atoms with Crippen molar-refractivity contribution in [1.82, 2.24) is 10.1 Å². The third kappa shape index (κ3) is 3.21. The summed E-state index contributed by atoms with van der Waals surface area (Å²) in [6.07, 6.45) is 6.30. The van der Waals surface area contributed by atoms with Crippen molar-refractivity contribution in [1.29, 1.82) is 0 Å². The zero-order valence-corrected chi connectivity index (χ0v) is 16.7. The first-order valence-electron chi connectivity index (χ1n) is 10.5. The maximum Gasteiger partial charge on any atom is 0.276 e. The van der Waals surface area contributed by atoms with Crippen molar-refractivity contribution in [2.45, 2.75) is 58.6 Å². The Labute approximate surface area is 166 Å². The fourth-order valence-corrected chi connectivity index (χ4v) is 5.83. The minimum absolute atomic E-state index is 0.0280. The van der Waals surface area contributed by atoms with Gasteiger partial charge in [-0.15, -0.1) is 0 Å². The molecule has 1 aromatic heterocycles. The molecule has 2 saturated carbocycles. The van der Waals surface area contributed by atoms with Crippen molar-refractivity contribution in [2.75, 3.05) is 6.54 Å². The zero-order chi connectivity index (χ0) is 19.3. The molecule has 2 unspecified atom stereocenters. The second kappa shape index (κ2) is 6.94. The third-order valence-electron chi connectivity index (χ3n) is 6.91. The summed E-state index contributed by atoms with van der Waals surface area (Å²) in [5.41, 5.74) is 2.60. The number of aromatic nitrogens is 1. The molecule has 28 heavy (non-hydrogen) atoms. The monoisotopic (exact) mass is 380 g/mol. The quantitative estimate of drug-likeness (QED) is 0.782. The number of nitrogens with zero attached hydrogens (tertiary/aromatic N) is 2. The van der Waals surface area contributed by atoms with Gasteiger partial charge in [-0.2, -0.15) is 0 Å². The van der Waals surface area contributed by atoms with Crippen LogP contribution in [0.25, 0.3) is 0 Å². The molecule has 1 amide bonds. The lowest BCUT2D eigenvalue weighted by atomic mass is 9.68. The van der Waals surface area contributed by atoms with E-state index in [2.05, 4.69) is 10.1 Å². The van der Waals surface area contributed by atoms with Gasteiger partial charge in [-0.05, 0) is 74.8 Å². The van der Waals surface area contributed by atoms with Crippen LogP contribution in [-0.4, -0.2) is 28.6 Å². The lowest BCUT2D eigenvalue weighted by Gasteiger charge is -2.38. The molecule has 0 N–H and O–H groups in total. The maximum absolute atomic E-state index is 13.2. The first-order valence-corrected chi connectivity index (χ1v) is 10.5. The van der Waals surface area contributed by atoms with Gasteiger partial charge in [0, 0.05) is 18.7 Å². The predicted octanol–water partition coefficient (Wildman–Crippen LogP) is 4.52. The fourth-order valence-electron chi connectivity index (χ4n) is 5.83. The Morgan fingerprint density at radius 1 is 1.11 bits per heavy atom. The van der Waals surface area contributed by atoms with Crippen LogP contribution in [0.1, 0.15) is 59.5 Å². The number of hydrogen-bond donors (Lipinski definition) is 0. The van der Waals surface area contributed by atoms with E-state index in [1.54, 1.807) is 6.07 Å². The second-order valence-electron chi connectivity index (χ2n) is 9.08. The molecule has 4 bridgehead atoms. The van der Waals surface area contributed by atoms with E-state index in [4.69, 9.17) is 9.26 Å². The van der Waals surface area contributed by atoms with Crippen LogP contribution in [0.15, 0.2) is 28.8 Å². The number of carbonyl (C=O) groups excluding carboxylic acids is 1. The van der Waals surface area contributed by atoms with Gasteiger partial charge < -0.3 is 14.2 Å². The molecular formula is C23H28N2O3. The molecule has 4 fully saturated rings. The van der Waals surface area contributed by atoms with Crippen molar-refractivity contribution in [3.63, 3.8) is 0 Å². The van der Waals surface area contributed by atoms with E-state index >= 15 is 0 Å². The number of benzene rings is 1. The van der Waals surface area contributed by atoms with E-state index in [1.165, 1.54) is 32.1 Å². The summed E-state index contributed by atoms with van der Waals surface area (Å²) >= 11 is 0. The Hall–Kier alpha value is -2.30. The van der Waals surface area contributed by atoms with Gasteiger partial charge in [0.25, 0.3) is 5.91 Å². The van der Waals surface area contributed by atoms with E-state index in [0.717, 1.165) is 35.3 Å². The summed E-state index contributed by atoms with van der Waals surface area (Å²) < 4.78 is 11.4. The number of hydrogen-bond acceptors (Lipinski definition) is 4. The minimum atomic E-state index is 0.0280. The lowest BCUT2D eigenvalue weighted by Crippen LogP contribution is -2.42. The van der Waals surface area contributed by atoms with Gasteiger partial charge in [-0.1, -0.05) is 23.4 Å². The largest absolute Gasteiger partial charge is 0.485 e.